The fourth-order valence-electron chi connectivity index (χ4n) is 1.71. The van der Waals surface area contributed by atoms with Crippen LogP contribution in [0.4, 0.5) is 0 Å². The van der Waals surface area contributed by atoms with Crippen LogP contribution in [-0.4, -0.2) is 25.4 Å². The molecule has 5 heteroatoms. The lowest BCUT2D eigenvalue weighted by atomic mass is 10.0. The number of benzene rings is 1. The van der Waals surface area contributed by atoms with Gasteiger partial charge in [-0.2, -0.15) is 0 Å². The van der Waals surface area contributed by atoms with E-state index in [2.05, 4.69) is 4.98 Å². The summed E-state index contributed by atoms with van der Waals surface area (Å²) in [6, 6.07) is 7.75. The maximum absolute atomic E-state index is 12.2. The second kappa shape index (κ2) is 4.93. The fourth-order valence-corrected chi connectivity index (χ4v) is 2.38. The van der Waals surface area contributed by atoms with Gasteiger partial charge in [-0.3, -0.25) is 9.78 Å². The van der Waals surface area contributed by atoms with Crippen molar-refractivity contribution in [1.29, 1.82) is 0 Å². The molecule has 0 aliphatic rings. The summed E-state index contributed by atoms with van der Waals surface area (Å²) in [4.78, 5) is 16.3. The Bertz CT molecular complexity index is 736. The lowest BCUT2D eigenvalue weighted by Crippen LogP contribution is -2.05. The summed E-state index contributed by atoms with van der Waals surface area (Å²) in [6.07, 6.45) is 4.25. The number of aryl methyl sites for hydroxylation is 1. The van der Waals surface area contributed by atoms with Crippen LogP contribution in [0.5, 0.6) is 0 Å². The van der Waals surface area contributed by atoms with Gasteiger partial charge in [0.1, 0.15) is 0 Å². The van der Waals surface area contributed by atoms with Crippen molar-refractivity contribution < 1.29 is 13.2 Å². The summed E-state index contributed by atoms with van der Waals surface area (Å²) in [7, 11) is -3.32. The van der Waals surface area contributed by atoms with Gasteiger partial charge in [-0.25, -0.2) is 8.42 Å². The molecule has 2 rings (SSSR count). The smallest absolute Gasteiger partial charge is 0.194 e. The average molecular weight is 275 g/mol. The number of sulfone groups is 1. The highest BCUT2D eigenvalue weighted by Gasteiger charge is 2.13. The fraction of sp³-hybridized carbons (Fsp3) is 0.143. The Labute approximate surface area is 112 Å². The van der Waals surface area contributed by atoms with Crippen LogP contribution in [0.3, 0.4) is 0 Å². The van der Waals surface area contributed by atoms with Crippen LogP contribution in [-0.2, 0) is 9.84 Å². The molecule has 0 amide bonds. The Hall–Kier alpha value is -2.01. The quantitative estimate of drug-likeness (QED) is 0.804. The molecule has 0 fully saturated rings. The van der Waals surface area contributed by atoms with E-state index in [1.807, 2.05) is 6.92 Å². The van der Waals surface area contributed by atoms with Crippen molar-refractivity contribution >= 4 is 15.6 Å². The summed E-state index contributed by atoms with van der Waals surface area (Å²) in [5.74, 6) is -0.235. The average Bonchev–Trinajstić information content (AvgIpc) is 2.37. The highest BCUT2D eigenvalue weighted by Crippen LogP contribution is 2.15. The molecule has 1 aromatic carbocycles. The maximum Gasteiger partial charge on any atom is 0.194 e. The monoisotopic (exact) mass is 275 g/mol. The van der Waals surface area contributed by atoms with Gasteiger partial charge in [-0.15, -0.1) is 0 Å². The highest BCUT2D eigenvalue weighted by atomic mass is 32.2. The lowest BCUT2D eigenvalue weighted by molar-refractivity contribution is 0.103. The van der Waals surface area contributed by atoms with Gasteiger partial charge < -0.3 is 0 Å². The highest BCUT2D eigenvalue weighted by molar-refractivity contribution is 7.90. The van der Waals surface area contributed by atoms with Crippen molar-refractivity contribution in [1.82, 2.24) is 4.98 Å². The van der Waals surface area contributed by atoms with Gasteiger partial charge in [0.25, 0.3) is 0 Å². The standard InChI is InChI=1S/C14H13NO3S/c1-10-6-12(9-15-8-10)14(16)11-4-3-5-13(7-11)19(2,17)18/h3-9H,1-2H3. The molecule has 0 saturated heterocycles. The number of hydrogen-bond acceptors (Lipinski definition) is 4. The minimum atomic E-state index is -3.32. The topological polar surface area (TPSA) is 64.1 Å². The molecule has 2 aromatic rings. The van der Waals surface area contributed by atoms with Gasteiger partial charge in [-0.05, 0) is 30.7 Å². The largest absolute Gasteiger partial charge is 0.289 e. The predicted octanol–water partition coefficient (Wildman–Crippen LogP) is 2.02. The van der Waals surface area contributed by atoms with Gasteiger partial charge in [0.05, 0.1) is 4.90 Å². The zero-order valence-electron chi connectivity index (χ0n) is 10.6. The number of rotatable bonds is 3. The van der Waals surface area contributed by atoms with E-state index >= 15 is 0 Å². The number of ketones is 1. The molecule has 0 aliphatic heterocycles. The van der Waals surface area contributed by atoms with Crippen LogP contribution in [0.25, 0.3) is 0 Å². The number of hydrogen-bond donors (Lipinski definition) is 0. The molecule has 19 heavy (non-hydrogen) atoms. The predicted molar refractivity (Wildman–Crippen MR) is 72.0 cm³/mol. The van der Waals surface area contributed by atoms with Crippen molar-refractivity contribution in [3.05, 3.63) is 59.4 Å². The van der Waals surface area contributed by atoms with Gasteiger partial charge in [-0.1, -0.05) is 12.1 Å². The van der Waals surface area contributed by atoms with E-state index < -0.39 is 9.84 Å². The Morgan fingerprint density at radius 2 is 1.84 bits per heavy atom. The summed E-state index contributed by atoms with van der Waals surface area (Å²) in [5, 5.41) is 0. The van der Waals surface area contributed by atoms with Crippen molar-refractivity contribution in [3.63, 3.8) is 0 Å². The van der Waals surface area contributed by atoms with Crippen LogP contribution in [0.2, 0.25) is 0 Å². The molecule has 0 atom stereocenters. The minimum Gasteiger partial charge on any atom is -0.289 e. The molecule has 0 aliphatic carbocycles. The van der Waals surface area contributed by atoms with E-state index in [1.54, 1.807) is 24.4 Å². The molecule has 0 saturated carbocycles. The van der Waals surface area contributed by atoms with Crippen LogP contribution in [0.15, 0.2) is 47.6 Å². The van der Waals surface area contributed by atoms with Gasteiger partial charge in [0.2, 0.25) is 0 Å². The molecule has 1 aromatic heterocycles. The third-order valence-electron chi connectivity index (χ3n) is 2.66. The van der Waals surface area contributed by atoms with Crippen molar-refractivity contribution in [3.8, 4) is 0 Å². The van der Waals surface area contributed by atoms with Crippen molar-refractivity contribution in [2.24, 2.45) is 0 Å². The first-order valence-electron chi connectivity index (χ1n) is 5.64. The second-order valence-corrected chi connectivity index (χ2v) is 6.40. The number of pyridine rings is 1. The first-order valence-corrected chi connectivity index (χ1v) is 7.53. The van der Waals surface area contributed by atoms with E-state index in [1.165, 1.54) is 18.3 Å². The summed E-state index contributed by atoms with van der Waals surface area (Å²) < 4.78 is 22.9. The van der Waals surface area contributed by atoms with Crippen LogP contribution in [0.1, 0.15) is 21.5 Å². The van der Waals surface area contributed by atoms with E-state index in [4.69, 9.17) is 0 Å². The molecule has 0 N–H and O–H groups in total. The van der Waals surface area contributed by atoms with E-state index in [-0.39, 0.29) is 10.7 Å². The summed E-state index contributed by atoms with van der Waals surface area (Å²) in [6.45, 7) is 1.84. The van der Waals surface area contributed by atoms with Crippen LogP contribution < -0.4 is 0 Å². The number of carbonyl (C=O) groups is 1. The van der Waals surface area contributed by atoms with Crippen LogP contribution in [0, 0.1) is 6.92 Å². The Kier molecular flexibility index (Phi) is 3.48. The first kappa shape index (κ1) is 13.4. The van der Waals surface area contributed by atoms with Crippen molar-refractivity contribution in [2.75, 3.05) is 6.26 Å². The van der Waals surface area contributed by atoms with E-state index in [0.717, 1.165) is 11.8 Å². The molecular formula is C14H13NO3S. The molecule has 0 unspecified atom stereocenters. The molecule has 0 spiro atoms. The molecule has 0 bridgehead atoms. The molecule has 4 nitrogen and oxygen atoms in total. The summed E-state index contributed by atoms with van der Waals surface area (Å²) >= 11 is 0. The minimum absolute atomic E-state index is 0.138. The van der Waals surface area contributed by atoms with Gasteiger partial charge >= 0.3 is 0 Å². The Balaban J connectivity index is 2.46. The number of nitrogens with zero attached hydrogens (tertiary/aromatic N) is 1. The first-order chi connectivity index (χ1) is 8.88. The zero-order valence-corrected chi connectivity index (χ0v) is 11.4. The second-order valence-electron chi connectivity index (χ2n) is 4.38. The normalized spacial score (nSPS) is 11.3. The van der Waals surface area contributed by atoms with E-state index in [0.29, 0.717) is 11.1 Å². The molecule has 0 radical (unpaired) electrons. The van der Waals surface area contributed by atoms with E-state index in [9.17, 15) is 13.2 Å². The summed E-state index contributed by atoms with van der Waals surface area (Å²) in [5.41, 5.74) is 1.67. The molecular weight excluding hydrogens is 262 g/mol. The van der Waals surface area contributed by atoms with Crippen molar-refractivity contribution in [2.45, 2.75) is 11.8 Å². The van der Waals surface area contributed by atoms with Crippen LogP contribution >= 0.6 is 0 Å². The third kappa shape index (κ3) is 3.06. The zero-order chi connectivity index (χ0) is 14.0. The SMILES string of the molecule is Cc1cncc(C(=O)c2cccc(S(C)(=O)=O)c2)c1. The van der Waals surface area contributed by atoms with Gasteiger partial charge in [0, 0.05) is 29.8 Å². The number of carbonyl (C=O) groups excluding carboxylic acids is 1. The molecule has 1 heterocycles. The van der Waals surface area contributed by atoms with Gasteiger partial charge in [0.15, 0.2) is 15.6 Å². The Morgan fingerprint density at radius 3 is 2.47 bits per heavy atom. The Morgan fingerprint density at radius 1 is 1.11 bits per heavy atom. The third-order valence-corrected chi connectivity index (χ3v) is 3.77. The number of aromatic nitrogens is 1. The lowest BCUT2D eigenvalue weighted by Gasteiger charge is -2.04. The molecule has 98 valence electrons. The maximum atomic E-state index is 12.2.